The van der Waals surface area contributed by atoms with Crippen LogP contribution < -0.4 is 16.0 Å². The summed E-state index contributed by atoms with van der Waals surface area (Å²) in [5.41, 5.74) is 0.0707. The van der Waals surface area contributed by atoms with E-state index in [0.29, 0.717) is 5.69 Å². The molecule has 0 aliphatic rings. The van der Waals surface area contributed by atoms with E-state index < -0.39 is 17.6 Å². The van der Waals surface area contributed by atoms with Gasteiger partial charge in [0.15, 0.2) is 0 Å². The van der Waals surface area contributed by atoms with Crippen LogP contribution in [0.2, 0.25) is 0 Å². The van der Waals surface area contributed by atoms with Crippen molar-refractivity contribution in [1.29, 1.82) is 0 Å². The quantitative estimate of drug-likeness (QED) is 0.714. The van der Waals surface area contributed by atoms with Crippen molar-refractivity contribution in [1.82, 2.24) is 5.32 Å². The van der Waals surface area contributed by atoms with Crippen LogP contribution in [0.5, 0.6) is 0 Å². The molecule has 0 aromatic heterocycles. The fraction of sp³-hybridized carbons (Fsp3) is 0.263. The Bertz CT molecular complexity index is 831. The number of carbonyl (C=O) groups excluding carboxylic acids is 2. The average molecular weight is 379 g/mol. The van der Waals surface area contributed by atoms with Crippen LogP contribution in [-0.2, 0) is 6.18 Å². The van der Waals surface area contributed by atoms with Gasteiger partial charge in [0.1, 0.15) is 0 Å². The minimum atomic E-state index is -4.49. The largest absolute Gasteiger partial charge is 0.416 e. The molecular formula is C19H20F3N3O2. The minimum Gasteiger partial charge on any atom is -0.336 e. The fourth-order valence-electron chi connectivity index (χ4n) is 2.34. The van der Waals surface area contributed by atoms with E-state index in [-0.39, 0.29) is 28.9 Å². The third kappa shape index (κ3) is 5.73. The molecule has 0 heterocycles. The Morgan fingerprint density at radius 3 is 2.07 bits per heavy atom. The van der Waals surface area contributed by atoms with E-state index >= 15 is 0 Å². The van der Waals surface area contributed by atoms with Crippen molar-refractivity contribution in [2.45, 2.75) is 33.0 Å². The zero-order valence-corrected chi connectivity index (χ0v) is 15.1. The molecule has 0 unspecified atom stereocenters. The molecule has 2 aromatic carbocycles. The zero-order valence-electron chi connectivity index (χ0n) is 15.1. The molecule has 0 bridgehead atoms. The number of carbonyl (C=O) groups is 2. The van der Waals surface area contributed by atoms with E-state index in [2.05, 4.69) is 16.0 Å². The number of aryl methyl sites for hydroxylation is 1. The molecular weight excluding hydrogens is 359 g/mol. The maximum Gasteiger partial charge on any atom is 0.416 e. The second-order valence-corrected chi connectivity index (χ2v) is 6.31. The first-order chi connectivity index (χ1) is 12.6. The van der Waals surface area contributed by atoms with Gasteiger partial charge in [0.2, 0.25) is 0 Å². The highest BCUT2D eigenvalue weighted by atomic mass is 19.4. The molecule has 0 aliphatic heterocycles. The van der Waals surface area contributed by atoms with Gasteiger partial charge in [-0.3, -0.25) is 4.79 Å². The van der Waals surface area contributed by atoms with E-state index in [1.165, 1.54) is 43.3 Å². The average Bonchev–Trinajstić information content (AvgIpc) is 2.55. The Kier molecular flexibility index (Phi) is 6.09. The Labute approximate surface area is 155 Å². The second-order valence-electron chi connectivity index (χ2n) is 6.31. The molecule has 3 N–H and O–H groups in total. The highest BCUT2D eigenvalue weighted by molar-refractivity contribution is 6.04. The number of hydrogen-bond donors (Lipinski definition) is 3. The third-order valence-corrected chi connectivity index (χ3v) is 3.63. The summed E-state index contributed by atoms with van der Waals surface area (Å²) in [6, 6.07) is 9.23. The number of urea groups is 1. The summed E-state index contributed by atoms with van der Waals surface area (Å²) in [5, 5.41) is 7.72. The fourth-order valence-corrected chi connectivity index (χ4v) is 2.34. The van der Waals surface area contributed by atoms with Gasteiger partial charge in [-0.1, -0.05) is 6.07 Å². The summed E-state index contributed by atoms with van der Waals surface area (Å²) in [5.74, 6) is -0.551. The molecule has 0 atom stereocenters. The van der Waals surface area contributed by atoms with Crippen LogP contribution in [0, 0.1) is 6.92 Å². The number of nitrogens with one attached hydrogen (secondary N) is 3. The number of alkyl halides is 3. The molecule has 0 spiro atoms. The lowest BCUT2D eigenvalue weighted by Gasteiger charge is -2.13. The number of anilines is 2. The number of benzene rings is 2. The lowest BCUT2D eigenvalue weighted by molar-refractivity contribution is -0.138. The van der Waals surface area contributed by atoms with Gasteiger partial charge in [-0.15, -0.1) is 0 Å². The van der Waals surface area contributed by atoms with Crippen molar-refractivity contribution >= 4 is 23.3 Å². The van der Waals surface area contributed by atoms with Crippen LogP contribution in [0.15, 0.2) is 42.5 Å². The third-order valence-electron chi connectivity index (χ3n) is 3.63. The first-order valence-corrected chi connectivity index (χ1v) is 8.23. The van der Waals surface area contributed by atoms with E-state index in [4.69, 9.17) is 0 Å². The highest BCUT2D eigenvalue weighted by Crippen LogP contribution is 2.33. The lowest BCUT2D eigenvalue weighted by atomic mass is 10.1. The van der Waals surface area contributed by atoms with Crippen LogP contribution in [0.4, 0.5) is 29.3 Å². The molecule has 0 aliphatic carbocycles. The Morgan fingerprint density at radius 1 is 0.926 bits per heavy atom. The normalized spacial score (nSPS) is 11.2. The Morgan fingerprint density at radius 2 is 1.52 bits per heavy atom. The molecule has 8 heteroatoms. The Hall–Kier alpha value is -3.03. The number of amides is 3. The zero-order chi connectivity index (χ0) is 20.2. The summed E-state index contributed by atoms with van der Waals surface area (Å²) in [4.78, 5) is 23.9. The van der Waals surface area contributed by atoms with E-state index in [1.807, 2.05) is 13.8 Å². The molecule has 27 heavy (non-hydrogen) atoms. The monoisotopic (exact) mass is 379 g/mol. The molecule has 2 rings (SSSR count). The molecule has 2 aromatic rings. The van der Waals surface area contributed by atoms with Gasteiger partial charge in [-0.05, 0) is 62.7 Å². The molecule has 144 valence electrons. The second kappa shape index (κ2) is 8.11. The van der Waals surface area contributed by atoms with Crippen molar-refractivity contribution in [3.8, 4) is 0 Å². The number of halogens is 3. The number of rotatable bonds is 4. The van der Waals surface area contributed by atoms with Gasteiger partial charge >= 0.3 is 12.2 Å². The van der Waals surface area contributed by atoms with E-state index in [0.717, 1.165) is 6.07 Å². The van der Waals surface area contributed by atoms with Crippen molar-refractivity contribution < 1.29 is 22.8 Å². The van der Waals surface area contributed by atoms with Crippen LogP contribution in [0.25, 0.3) is 0 Å². The summed E-state index contributed by atoms with van der Waals surface area (Å²) >= 11 is 0. The van der Waals surface area contributed by atoms with Gasteiger partial charge in [0.25, 0.3) is 5.91 Å². The van der Waals surface area contributed by atoms with Crippen molar-refractivity contribution in [3.63, 3.8) is 0 Å². The van der Waals surface area contributed by atoms with Gasteiger partial charge in [-0.25, -0.2) is 4.79 Å². The minimum absolute atomic E-state index is 0.0221. The van der Waals surface area contributed by atoms with Crippen molar-refractivity contribution in [2.24, 2.45) is 0 Å². The topological polar surface area (TPSA) is 70.2 Å². The summed E-state index contributed by atoms with van der Waals surface area (Å²) < 4.78 is 38.9. The SMILES string of the molecule is Cc1ccc(NC(=O)c2ccc(NC(=O)NC(C)C)cc2)cc1C(F)(F)F. The van der Waals surface area contributed by atoms with Crippen LogP contribution in [-0.4, -0.2) is 18.0 Å². The standard InChI is InChI=1S/C19H20F3N3O2/c1-11(2)23-18(27)25-14-8-5-13(6-9-14)17(26)24-15-7-4-12(3)16(10-15)19(20,21)22/h4-11H,1-3H3,(H,24,26)(H2,23,25,27). The predicted octanol–water partition coefficient (Wildman–Crippen LogP) is 4.80. The smallest absolute Gasteiger partial charge is 0.336 e. The molecule has 0 radical (unpaired) electrons. The first-order valence-electron chi connectivity index (χ1n) is 8.23. The van der Waals surface area contributed by atoms with Gasteiger partial charge in [0, 0.05) is 23.0 Å². The van der Waals surface area contributed by atoms with Gasteiger partial charge in [-0.2, -0.15) is 13.2 Å². The van der Waals surface area contributed by atoms with E-state index in [1.54, 1.807) is 0 Å². The van der Waals surface area contributed by atoms with E-state index in [9.17, 15) is 22.8 Å². The van der Waals surface area contributed by atoms with Crippen LogP contribution in [0.1, 0.15) is 35.3 Å². The van der Waals surface area contributed by atoms with Crippen LogP contribution >= 0.6 is 0 Å². The molecule has 0 fully saturated rings. The predicted molar refractivity (Wildman–Crippen MR) is 97.9 cm³/mol. The maximum absolute atomic E-state index is 13.0. The maximum atomic E-state index is 13.0. The van der Waals surface area contributed by atoms with Gasteiger partial charge in [0.05, 0.1) is 5.56 Å². The number of hydrogen-bond acceptors (Lipinski definition) is 2. The van der Waals surface area contributed by atoms with Crippen LogP contribution in [0.3, 0.4) is 0 Å². The molecule has 0 saturated heterocycles. The Balaban J connectivity index is 2.07. The van der Waals surface area contributed by atoms with Crippen molar-refractivity contribution in [2.75, 3.05) is 10.6 Å². The molecule has 5 nitrogen and oxygen atoms in total. The van der Waals surface area contributed by atoms with Gasteiger partial charge < -0.3 is 16.0 Å². The highest BCUT2D eigenvalue weighted by Gasteiger charge is 2.32. The summed E-state index contributed by atoms with van der Waals surface area (Å²) in [6.07, 6.45) is -4.49. The lowest BCUT2D eigenvalue weighted by Crippen LogP contribution is -2.34. The molecule has 0 saturated carbocycles. The van der Waals surface area contributed by atoms with Crippen molar-refractivity contribution in [3.05, 3.63) is 59.2 Å². The summed E-state index contributed by atoms with van der Waals surface area (Å²) in [6.45, 7) is 5.00. The first kappa shape index (κ1) is 20.3. The molecule has 3 amide bonds. The summed E-state index contributed by atoms with van der Waals surface area (Å²) in [7, 11) is 0.